The molecule has 3 aromatic heterocycles. The van der Waals surface area contributed by atoms with Crippen molar-refractivity contribution in [3.63, 3.8) is 0 Å². The molecule has 1 fully saturated rings. The number of H-pyrrole nitrogens is 1. The van der Waals surface area contributed by atoms with Crippen LogP contribution in [-0.2, 0) is 4.74 Å². The lowest BCUT2D eigenvalue weighted by atomic mass is 10.00. The van der Waals surface area contributed by atoms with Crippen LogP contribution in [0.5, 0.6) is 11.5 Å². The highest BCUT2D eigenvalue weighted by Gasteiger charge is 2.34. The number of halogens is 4. The fourth-order valence-corrected chi connectivity index (χ4v) is 4.82. The fourth-order valence-electron chi connectivity index (χ4n) is 4.82. The molecule has 0 aliphatic carbocycles. The molecule has 1 N–H and O–H groups in total. The minimum atomic E-state index is -5.07. The van der Waals surface area contributed by atoms with Crippen molar-refractivity contribution in [2.24, 2.45) is 0 Å². The summed E-state index contributed by atoms with van der Waals surface area (Å²) >= 11 is 0. The quantitative estimate of drug-likeness (QED) is 0.248. The van der Waals surface area contributed by atoms with Gasteiger partial charge in [-0.3, -0.25) is 9.97 Å². The zero-order valence-electron chi connectivity index (χ0n) is 22.6. The Morgan fingerprint density at radius 3 is 2.68 bits per heavy atom. The predicted octanol–water partition coefficient (Wildman–Crippen LogP) is 7.11. The van der Waals surface area contributed by atoms with E-state index in [2.05, 4.69) is 19.7 Å². The van der Waals surface area contributed by atoms with Gasteiger partial charge in [0.2, 0.25) is 0 Å². The smallest absolute Gasteiger partial charge is 0.489 e. The molecule has 0 radical (unpaired) electrons. The van der Waals surface area contributed by atoms with E-state index in [0.717, 1.165) is 25.0 Å². The number of nitrogens with zero attached hydrogens (tertiary/aromatic N) is 3. The summed E-state index contributed by atoms with van der Waals surface area (Å²) in [5.74, 6) is -1.73. The van der Waals surface area contributed by atoms with Crippen molar-refractivity contribution in [3.8, 4) is 33.9 Å². The number of carbonyl (C=O) groups is 1. The van der Waals surface area contributed by atoms with Gasteiger partial charge in [-0.1, -0.05) is 6.07 Å². The van der Waals surface area contributed by atoms with E-state index in [-0.39, 0.29) is 18.2 Å². The molecule has 5 rings (SSSR count). The highest BCUT2D eigenvalue weighted by molar-refractivity contribution is 6.02. The first-order valence-corrected chi connectivity index (χ1v) is 13.0. The number of aromatic nitrogens is 3. The second-order valence-corrected chi connectivity index (χ2v) is 10.6. The number of carbonyl (C=O) groups excluding carboxylic acids is 1. The lowest BCUT2D eigenvalue weighted by Crippen LogP contribution is -2.42. The van der Waals surface area contributed by atoms with Crippen LogP contribution in [0.15, 0.2) is 55.0 Å². The molecule has 8 nitrogen and oxygen atoms in total. The van der Waals surface area contributed by atoms with E-state index in [4.69, 9.17) is 9.47 Å². The molecule has 4 heterocycles. The van der Waals surface area contributed by atoms with Gasteiger partial charge in [0.25, 0.3) is 0 Å². The van der Waals surface area contributed by atoms with E-state index in [1.54, 1.807) is 56.3 Å². The summed E-state index contributed by atoms with van der Waals surface area (Å²) in [6, 6.07) is 8.22. The summed E-state index contributed by atoms with van der Waals surface area (Å²) in [6.45, 7) is 6.14. The number of pyridine rings is 2. The van der Waals surface area contributed by atoms with Gasteiger partial charge in [-0.05, 0) is 69.5 Å². The van der Waals surface area contributed by atoms with Gasteiger partial charge in [0.15, 0.2) is 11.6 Å². The topological polar surface area (TPSA) is 89.6 Å². The molecular formula is C29H28F4N4O4. The molecule has 0 unspecified atom stereocenters. The molecule has 4 aromatic rings. The van der Waals surface area contributed by atoms with Crippen molar-refractivity contribution in [2.75, 3.05) is 13.2 Å². The van der Waals surface area contributed by atoms with Gasteiger partial charge in [-0.15, -0.1) is 13.2 Å². The Bertz CT molecular complexity index is 1560. The maximum atomic E-state index is 14.3. The number of ether oxygens (including phenoxy) is 3. The SMILES string of the molecule is CC(C)(C)OC(=O)N1CCC[C@H]1COc1cnccc1-c1[nH]c2cccnc2c1-c1ccc(F)c(OC(F)(F)F)c1. The Morgan fingerprint density at radius 1 is 1.12 bits per heavy atom. The third-order valence-electron chi connectivity index (χ3n) is 6.49. The van der Waals surface area contributed by atoms with Gasteiger partial charge < -0.3 is 24.1 Å². The highest BCUT2D eigenvalue weighted by Crippen LogP contribution is 2.42. The van der Waals surface area contributed by atoms with Crippen LogP contribution >= 0.6 is 0 Å². The molecule has 1 aliphatic rings. The maximum absolute atomic E-state index is 14.3. The van der Waals surface area contributed by atoms with E-state index >= 15 is 0 Å². The summed E-state index contributed by atoms with van der Waals surface area (Å²) in [5.41, 5.74) is 2.15. The molecule has 0 saturated carbocycles. The molecule has 0 bridgehead atoms. The van der Waals surface area contributed by atoms with Crippen molar-refractivity contribution in [3.05, 3.63) is 60.8 Å². The molecule has 12 heteroatoms. The third-order valence-corrected chi connectivity index (χ3v) is 6.49. The van der Waals surface area contributed by atoms with Crippen LogP contribution in [0.3, 0.4) is 0 Å². The van der Waals surface area contributed by atoms with Crippen LogP contribution < -0.4 is 9.47 Å². The maximum Gasteiger partial charge on any atom is 0.573 e. The minimum absolute atomic E-state index is 0.172. The van der Waals surface area contributed by atoms with E-state index in [1.165, 1.54) is 12.3 Å². The summed E-state index contributed by atoms with van der Waals surface area (Å²) in [5, 5.41) is 0. The van der Waals surface area contributed by atoms with Crippen LogP contribution in [0.1, 0.15) is 33.6 Å². The van der Waals surface area contributed by atoms with Gasteiger partial charge in [-0.2, -0.15) is 0 Å². The van der Waals surface area contributed by atoms with Crippen molar-refractivity contribution in [1.82, 2.24) is 19.9 Å². The van der Waals surface area contributed by atoms with E-state index in [9.17, 15) is 22.4 Å². The van der Waals surface area contributed by atoms with Crippen molar-refractivity contribution in [1.29, 1.82) is 0 Å². The molecule has 216 valence electrons. The zero-order chi connectivity index (χ0) is 29.4. The van der Waals surface area contributed by atoms with Crippen LogP contribution in [0, 0.1) is 5.82 Å². The Balaban J connectivity index is 1.50. The summed E-state index contributed by atoms with van der Waals surface area (Å²) in [6.07, 6.45) is 0.679. The molecule has 1 aromatic carbocycles. The molecule has 41 heavy (non-hydrogen) atoms. The third kappa shape index (κ3) is 6.36. The first-order valence-electron chi connectivity index (χ1n) is 13.0. The Labute approximate surface area is 233 Å². The van der Waals surface area contributed by atoms with Gasteiger partial charge in [-0.25, -0.2) is 9.18 Å². The van der Waals surface area contributed by atoms with E-state index in [0.29, 0.717) is 40.1 Å². The number of rotatable bonds is 6. The van der Waals surface area contributed by atoms with E-state index < -0.39 is 29.6 Å². The van der Waals surface area contributed by atoms with Crippen LogP contribution in [0.4, 0.5) is 22.4 Å². The molecule has 0 spiro atoms. The Morgan fingerprint density at radius 2 is 1.93 bits per heavy atom. The Kier molecular flexibility index (Phi) is 7.50. The van der Waals surface area contributed by atoms with Gasteiger partial charge in [0.1, 0.15) is 18.0 Å². The van der Waals surface area contributed by atoms with Gasteiger partial charge in [0.05, 0.1) is 29.0 Å². The number of alkyl halides is 3. The van der Waals surface area contributed by atoms with Crippen molar-refractivity contribution >= 4 is 17.1 Å². The second-order valence-electron chi connectivity index (χ2n) is 10.6. The van der Waals surface area contributed by atoms with Crippen molar-refractivity contribution < 1.29 is 36.6 Å². The first kappa shape index (κ1) is 28.2. The molecular weight excluding hydrogens is 544 g/mol. The standard InChI is InChI=1S/C29H28F4N4O4/c1-28(2,3)41-27(38)37-13-5-6-18(37)16-39-23-15-34-12-10-19(23)25-24(26-21(36-25)7-4-11-35-26)17-8-9-20(30)22(14-17)40-29(31,32)33/h4,7-12,14-15,18,36H,5-6,13,16H2,1-3H3/t18-/m0/s1. The summed E-state index contributed by atoms with van der Waals surface area (Å²) in [4.78, 5) is 26.3. The molecule has 1 atom stereocenters. The number of amides is 1. The monoisotopic (exact) mass is 572 g/mol. The average molecular weight is 573 g/mol. The first-order chi connectivity index (χ1) is 19.4. The van der Waals surface area contributed by atoms with Crippen LogP contribution in [-0.4, -0.2) is 57.1 Å². The average Bonchev–Trinajstić information content (AvgIpc) is 3.52. The number of likely N-dealkylation sites (tertiary alicyclic amines) is 1. The zero-order valence-corrected chi connectivity index (χ0v) is 22.6. The summed E-state index contributed by atoms with van der Waals surface area (Å²) < 4.78 is 68.8. The van der Waals surface area contributed by atoms with E-state index in [1.807, 2.05) is 0 Å². The number of fused-ring (bicyclic) bond motifs is 1. The molecule has 1 amide bonds. The molecule has 1 aliphatic heterocycles. The highest BCUT2D eigenvalue weighted by atomic mass is 19.4. The molecule has 1 saturated heterocycles. The normalized spacial score (nSPS) is 15.8. The Hall–Kier alpha value is -4.35. The summed E-state index contributed by atoms with van der Waals surface area (Å²) in [7, 11) is 0. The van der Waals surface area contributed by atoms with Gasteiger partial charge in [0, 0.05) is 30.1 Å². The lowest BCUT2D eigenvalue weighted by molar-refractivity contribution is -0.275. The number of aromatic amines is 1. The van der Waals surface area contributed by atoms with Crippen molar-refractivity contribution in [2.45, 2.75) is 51.6 Å². The number of benzene rings is 1. The van der Waals surface area contributed by atoms with Crippen LogP contribution in [0.25, 0.3) is 33.4 Å². The predicted molar refractivity (Wildman–Crippen MR) is 143 cm³/mol. The fraction of sp³-hybridized carbons (Fsp3) is 0.345. The number of hydrogen-bond acceptors (Lipinski definition) is 6. The number of nitrogens with one attached hydrogen (secondary N) is 1. The largest absolute Gasteiger partial charge is 0.573 e. The number of hydrogen-bond donors (Lipinski definition) is 1. The lowest BCUT2D eigenvalue weighted by Gasteiger charge is -2.28. The van der Waals surface area contributed by atoms with Gasteiger partial charge >= 0.3 is 12.5 Å². The second kappa shape index (κ2) is 10.9. The minimum Gasteiger partial charge on any atom is -0.489 e. The van der Waals surface area contributed by atoms with Crippen LogP contribution in [0.2, 0.25) is 0 Å².